The van der Waals surface area contributed by atoms with Gasteiger partial charge in [-0.15, -0.1) is 0 Å². The zero-order chi connectivity index (χ0) is 36.0. The Balaban J connectivity index is 1.11. The zero-order valence-electron chi connectivity index (χ0n) is 28.4. The second-order valence-corrected chi connectivity index (χ2v) is 13.4. The number of carbonyl (C=O) groups is 4. The lowest BCUT2D eigenvalue weighted by Gasteiger charge is -2.31. The van der Waals surface area contributed by atoms with Gasteiger partial charge in [0.1, 0.15) is 0 Å². The Bertz CT molecular complexity index is 1520. The molecule has 4 fully saturated rings. The first-order chi connectivity index (χ1) is 25.3. The van der Waals surface area contributed by atoms with Gasteiger partial charge < -0.3 is 18.9 Å². The van der Waals surface area contributed by atoms with Crippen LogP contribution in [0.2, 0.25) is 0 Å². The number of hydrogen-bond donors (Lipinski definition) is 4. The normalized spacial score (nSPS) is 28.9. The first-order valence-corrected chi connectivity index (χ1v) is 17.5. The van der Waals surface area contributed by atoms with Crippen LogP contribution in [0.25, 0.3) is 0 Å². The molecule has 0 radical (unpaired) electrons. The number of hydrogen-bond acceptors (Lipinski definition) is 12. The molecular weight excluding hydrogens is 672 g/mol. The number of benzene rings is 2. The summed E-state index contributed by atoms with van der Waals surface area (Å²) in [5, 5.41) is 16.3. The summed E-state index contributed by atoms with van der Waals surface area (Å²) < 4.78 is 24.5. The van der Waals surface area contributed by atoms with E-state index >= 15 is 0 Å². The molecule has 4 atom stereocenters. The van der Waals surface area contributed by atoms with Crippen molar-refractivity contribution in [2.24, 2.45) is 20.4 Å². The van der Waals surface area contributed by atoms with Crippen molar-refractivity contribution in [2.45, 2.75) is 100 Å². The summed E-state index contributed by atoms with van der Waals surface area (Å²) in [7, 11) is 0. The van der Waals surface area contributed by atoms with Crippen molar-refractivity contribution in [1.82, 2.24) is 21.7 Å². The molecule has 2 spiro atoms. The maximum absolute atomic E-state index is 13.3. The van der Waals surface area contributed by atoms with Crippen LogP contribution in [0, 0.1) is 0 Å². The van der Waals surface area contributed by atoms with Gasteiger partial charge in [-0.25, -0.2) is 21.7 Å². The van der Waals surface area contributed by atoms with Gasteiger partial charge in [0.15, 0.2) is 36.0 Å². The van der Waals surface area contributed by atoms with Gasteiger partial charge in [0.25, 0.3) is 23.6 Å². The van der Waals surface area contributed by atoms with E-state index in [0.29, 0.717) is 47.9 Å². The van der Waals surface area contributed by atoms with Gasteiger partial charge >= 0.3 is 0 Å². The molecule has 6 heterocycles. The van der Waals surface area contributed by atoms with E-state index in [2.05, 4.69) is 42.1 Å². The molecule has 6 aliphatic heterocycles. The predicted molar refractivity (Wildman–Crippen MR) is 187 cm³/mol. The van der Waals surface area contributed by atoms with Crippen molar-refractivity contribution in [3.05, 3.63) is 70.8 Å². The van der Waals surface area contributed by atoms with Crippen molar-refractivity contribution in [1.29, 1.82) is 0 Å². The molecule has 2 saturated heterocycles. The molecule has 4 bridgehead atoms. The highest BCUT2D eigenvalue weighted by Gasteiger charge is 2.55. The zero-order valence-corrected chi connectivity index (χ0v) is 28.4. The van der Waals surface area contributed by atoms with Crippen LogP contribution >= 0.6 is 0 Å². The standard InChI is InChI=1S/C36H40N8O8/c45-31-27-28(50-35(49-27)15-3-1-4-16-35)32(46)42-38-20-24-9-13-26(14-10-24)22-40-44-34(48)30-29(51-36(52-30)17-5-2-6-18-36)33(47)43-39-21-25-11-7-23(8-12-25)19-37-41-31/h7-14,19-22,27-30H,1-6,15-18H2,(H,41,45)(H,42,46)(H,43,47)(H,44,48)/b37-19-,38-20?,39-21?,40-22-/t27-,28-,29-,30-/m1/s1. The Labute approximate surface area is 299 Å². The highest BCUT2D eigenvalue weighted by Crippen LogP contribution is 2.42. The van der Waals surface area contributed by atoms with Gasteiger partial charge in [0.2, 0.25) is 0 Å². The highest BCUT2D eigenvalue weighted by molar-refractivity contribution is 5.94. The molecule has 2 aromatic rings. The summed E-state index contributed by atoms with van der Waals surface area (Å²) in [6, 6.07) is 13.9. The average Bonchev–Trinajstić information content (AvgIpc) is 3.72. The summed E-state index contributed by atoms with van der Waals surface area (Å²) in [4.78, 5) is 53.0. The first-order valence-electron chi connectivity index (χ1n) is 17.5. The minimum absolute atomic E-state index is 0.565. The Morgan fingerprint density at radius 1 is 0.404 bits per heavy atom. The Kier molecular flexibility index (Phi) is 10.6. The lowest BCUT2D eigenvalue weighted by molar-refractivity contribution is -0.196. The molecule has 2 aromatic carbocycles. The molecule has 16 nitrogen and oxygen atoms in total. The Morgan fingerprint density at radius 3 is 0.865 bits per heavy atom. The molecule has 16 heteroatoms. The van der Waals surface area contributed by atoms with Gasteiger partial charge in [0, 0.05) is 25.7 Å². The van der Waals surface area contributed by atoms with E-state index in [1.165, 1.54) is 24.9 Å². The molecule has 0 unspecified atom stereocenters. The van der Waals surface area contributed by atoms with Crippen LogP contribution in [0.3, 0.4) is 0 Å². The average molecular weight is 713 g/mol. The van der Waals surface area contributed by atoms with Gasteiger partial charge in [-0.1, -0.05) is 61.4 Å². The number of nitrogens with zero attached hydrogens (tertiary/aromatic N) is 4. The molecular formula is C36H40N8O8. The first kappa shape index (κ1) is 35.3. The third kappa shape index (κ3) is 8.15. The number of rotatable bonds is 0. The van der Waals surface area contributed by atoms with E-state index in [4.69, 9.17) is 18.9 Å². The molecule has 10 rings (SSSR count). The van der Waals surface area contributed by atoms with Crippen LogP contribution < -0.4 is 21.7 Å². The molecule has 0 aromatic heterocycles. The quantitative estimate of drug-likeness (QED) is 0.318. The molecule has 4 N–H and O–H groups in total. The van der Waals surface area contributed by atoms with Crippen LogP contribution in [0.4, 0.5) is 0 Å². The van der Waals surface area contributed by atoms with Crippen molar-refractivity contribution < 1.29 is 38.1 Å². The number of amides is 4. The highest BCUT2D eigenvalue weighted by atomic mass is 16.8. The van der Waals surface area contributed by atoms with Crippen LogP contribution in [0.15, 0.2) is 68.9 Å². The van der Waals surface area contributed by atoms with E-state index in [-0.39, 0.29) is 0 Å². The van der Waals surface area contributed by atoms with E-state index in [1.807, 2.05) is 0 Å². The minimum Gasteiger partial charge on any atom is -0.333 e. The van der Waals surface area contributed by atoms with Crippen molar-refractivity contribution in [3.63, 3.8) is 0 Å². The number of hydrazone groups is 4. The third-order valence-corrected chi connectivity index (χ3v) is 9.61. The van der Waals surface area contributed by atoms with E-state index in [1.54, 1.807) is 48.5 Å². The number of ether oxygens (including phenoxy) is 4. The van der Waals surface area contributed by atoms with Gasteiger partial charge in [0.05, 0.1) is 24.9 Å². The fourth-order valence-electron chi connectivity index (χ4n) is 6.92. The maximum atomic E-state index is 13.3. The molecule has 4 amide bonds. The number of nitrogens with one attached hydrogen (secondary N) is 4. The van der Waals surface area contributed by atoms with Crippen LogP contribution in [0.1, 0.15) is 86.5 Å². The van der Waals surface area contributed by atoms with Crippen LogP contribution in [-0.4, -0.2) is 84.5 Å². The smallest absolute Gasteiger partial charge is 0.272 e. The fraction of sp³-hybridized carbons (Fsp3) is 0.444. The Morgan fingerprint density at radius 2 is 0.635 bits per heavy atom. The Hall–Kier alpha value is -5.16. The summed E-state index contributed by atoms with van der Waals surface area (Å²) in [6.07, 6.45) is 8.51. The second-order valence-electron chi connectivity index (χ2n) is 13.4. The maximum Gasteiger partial charge on any atom is 0.272 e. The van der Waals surface area contributed by atoms with Gasteiger partial charge in [-0.3, -0.25) is 19.2 Å². The summed E-state index contributed by atoms with van der Waals surface area (Å²) in [6.45, 7) is 0. The third-order valence-electron chi connectivity index (χ3n) is 9.61. The van der Waals surface area contributed by atoms with Crippen molar-refractivity contribution in [2.75, 3.05) is 0 Å². The van der Waals surface area contributed by atoms with Gasteiger partial charge in [-0.05, 0) is 47.9 Å². The molecule has 2 aliphatic carbocycles. The molecule has 52 heavy (non-hydrogen) atoms. The van der Waals surface area contributed by atoms with E-state index in [0.717, 1.165) is 38.5 Å². The lowest BCUT2D eigenvalue weighted by Crippen LogP contribution is -2.45. The van der Waals surface area contributed by atoms with E-state index < -0.39 is 59.6 Å². The van der Waals surface area contributed by atoms with Crippen molar-refractivity contribution >= 4 is 48.5 Å². The van der Waals surface area contributed by atoms with Crippen molar-refractivity contribution in [3.8, 4) is 0 Å². The monoisotopic (exact) mass is 712 g/mol. The van der Waals surface area contributed by atoms with Crippen LogP contribution in [-0.2, 0) is 38.1 Å². The minimum atomic E-state index is -1.24. The molecule has 2 saturated carbocycles. The predicted octanol–water partition coefficient (Wildman–Crippen LogP) is 2.09. The number of carbonyl (C=O) groups excluding carboxylic acids is 4. The van der Waals surface area contributed by atoms with Gasteiger partial charge in [-0.2, -0.15) is 20.4 Å². The second kappa shape index (κ2) is 15.6. The topological polar surface area (TPSA) is 203 Å². The summed E-state index contributed by atoms with van der Waals surface area (Å²) in [5.41, 5.74) is 12.5. The molecule has 272 valence electrons. The van der Waals surface area contributed by atoms with Crippen LogP contribution in [0.5, 0.6) is 0 Å². The summed E-state index contributed by atoms with van der Waals surface area (Å²) in [5.74, 6) is -4.57. The SMILES string of the molecule is O=C1NN=Cc2ccc(cc2)/C=N\NC(=O)[C@@H]2OC3(CCCCC3)O[C@H]2C(=O)NN=Cc2ccc(cc2)/C=N\NC(=O)[C@@H]2OC3(CCCCC3)O[C@@H]12. The molecule has 8 aliphatic rings. The van der Waals surface area contributed by atoms with E-state index in [9.17, 15) is 19.2 Å². The fourth-order valence-corrected chi connectivity index (χ4v) is 6.92. The lowest BCUT2D eigenvalue weighted by atomic mass is 9.94. The summed E-state index contributed by atoms with van der Waals surface area (Å²) >= 11 is 0. The largest absolute Gasteiger partial charge is 0.333 e.